The smallest absolute Gasteiger partial charge is 0.255 e. The highest BCUT2D eigenvalue weighted by atomic mass is 35.5. The van der Waals surface area contributed by atoms with Crippen LogP contribution in [0, 0.1) is 6.92 Å². The summed E-state index contributed by atoms with van der Waals surface area (Å²) in [7, 11) is 0. The third kappa shape index (κ3) is 9.94. The maximum absolute atomic E-state index is 12.9. The molecule has 0 fully saturated rings. The van der Waals surface area contributed by atoms with Gasteiger partial charge in [-0.15, -0.1) is 0 Å². The molecule has 1 heterocycles. The normalized spacial score (nSPS) is 11.0. The number of nitrogens with one attached hydrogen (secondary N) is 1. The van der Waals surface area contributed by atoms with E-state index in [4.69, 9.17) is 16.3 Å². The first-order chi connectivity index (χ1) is 17.5. The second kappa shape index (κ2) is 15.7. The molecule has 3 rings (SSSR count). The van der Waals surface area contributed by atoms with E-state index in [9.17, 15) is 4.79 Å². The predicted molar refractivity (Wildman–Crippen MR) is 152 cm³/mol. The quantitative estimate of drug-likeness (QED) is 0.150. The number of ether oxygens (including phenoxy) is 1. The molecule has 36 heavy (non-hydrogen) atoms. The Morgan fingerprint density at radius 2 is 1.69 bits per heavy atom. The fraction of sp³-hybridized carbons (Fsp3) is 0.467. The van der Waals surface area contributed by atoms with Crippen molar-refractivity contribution in [1.82, 2.24) is 0 Å². The number of benzene rings is 2. The van der Waals surface area contributed by atoms with Gasteiger partial charge in [0.05, 0.1) is 16.5 Å². The summed E-state index contributed by atoms with van der Waals surface area (Å²) in [5.74, 6) is 0.393. The van der Waals surface area contributed by atoms with E-state index >= 15 is 0 Å². The van der Waals surface area contributed by atoms with Gasteiger partial charge in [0.25, 0.3) is 5.91 Å². The molecule has 4 nitrogen and oxygen atoms in total. The highest BCUT2D eigenvalue weighted by molar-refractivity contribution is 7.09. The van der Waals surface area contributed by atoms with E-state index in [2.05, 4.69) is 41.5 Å². The molecule has 0 aliphatic heterocycles. The number of nitrogens with zero attached hydrogens (tertiary/aromatic N) is 1. The Morgan fingerprint density at radius 1 is 0.972 bits per heavy atom. The molecule has 194 valence electrons. The lowest BCUT2D eigenvalue weighted by Gasteiger charge is -2.11. The minimum Gasteiger partial charge on any atom is -0.492 e. The standard InChI is InChI=1S/C30H39ClN2O2S/c1-3-4-5-6-7-8-9-10-11-12-18-35-29-20-26(16-17-28(29)31)30(34)32-27-15-13-14-25(19-27)22-33-21-24(2)36-23-33/h13-17,19-21,23H,3-12,18,22H2,1-2H3/p+1. The number of anilines is 1. The van der Waals surface area contributed by atoms with Crippen LogP contribution >= 0.6 is 22.9 Å². The lowest BCUT2D eigenvalue weighted by atomic mass is 10.1. The molecule has 6 heteroatoms. The van der Waals surface area contributed by atoms with E-state index in [1.807, 2.05) is 18.2 Å². The number of thiazole rings is 1. The molecule has 0 aliphatic carbocycles. The molecule has 0 aliphatic rings. The van der Waals surface area contributed by atoms with Crippen molar-refractivity contribution >= 4 is 34.5 Å². The molecular weight excluding hydrogens is 488 g/mol. The van der Waals surface area contributed by atoms with Crippen LogP contribution in [0.25, 0.3) is 0 Å². The van der Waals surface area contributed by atoms with Crippen molar-refractivity contribution < 1.29 is 14.1 Å². The first-order valence-corrected chi connectivity index (χ1v) is 14.6. The number of aryl methyl sites for hydroxylation is 1. The molecule has 0 atom stereocenters. The molecule has 1 N–H and O–H groups in total. The number of rotatable bonds is 16. The summed E-state index contributed by atoms with van der Waals surface area (Å²) in [6.07, 6.45) is 14.9. The van der Waals surface area contributed by atoms with Crippen molar-refractivity contribution in [3.05, 3.63) is 75.2 Å². The maximum Gasteiger partial charge on any atom is 0.255 e. The third-order valence-corrected chi connectivity index (χ3v) is 7.39. The molecule has 0 saturated heterocycles. The number of carbonyl (C=O) groups is 1. The fourth-order valence-corrected chi connectivity index (χ4v) is 5.02. The Hall–Kier alpha value is -2.37. The minimum atomic E-state index is -0.174. The van der Waals surface area contributed by atoms with E-state index < -0.39 is 0 Å². The first-order valence-electron chi connectivity index (χ1n) is 13.3. The molecule has 0 radical (unpaired) electrons. The van der Waals surface area contributed by atoms with Crippen molar-refractivity contribution in [3.8, 4) is 5.75 Å². The fourth-order valence-electron chi connectivity index (χ4n) is 4.22. The van der Waals surface area contributed by atoms with Gasteiger partial charge in [-0.05, 0) is 43.7 Å². The number of carbonyl (C=O) groups excluding carboxylic acids is 1. The van der Waals surface area contributed by atoms with Crippen LogP contribution in [-0.4, -0.2) is 12.5 Å². The summed E-state index contributed by atoms with van der Waals surface area (Å²) in [5.41, 5.74) is 4.54. The van der Waals surface area contributed by atoms with E-state index in [-0.39, 0.29) is 5.91 Å². The van der Waals surface area contributed by atoms with Gasteiger partial charge < -0.3 is 10.1 Å². The van der Waals surface area contributed by atoms with Crippen molar-refractivity contribution in [2.75, 3.05) is 11.9 Å². The average Bonchev–Trinajstić information content (AvgIpc) is 3.28. The van der Waals surface area contributed by atoms with Crippen LogP contribution in [0.1, 0.15) is 91.9 Å². The Bertz CT molecular complexity index is 1080. The van der Waals surface area contributed by atoms with Gasteiger partial charge in [-0.2, -0.15) is 4.57 Å². The van der Waals surface area contributed by atoms with Crippen molar-refractivity contribution in [2.24, 2.45) is 0 Å². The van der Waals surface area contributed by atoms with Crippen molar-refractivity contribution in [1.29, 1.82) is 0 Å². The molecular formula is C30H40ClN2O2S+. The molecule has 0 bridgehead atoms. The minimum absolute atomic E-state index is 0.174. The number of halogens is 1. The number of hydrogen-bond acceptors (Lipinski definition) is 3. The van der Waals surface area contributed by atoms with E-state index in [0.717, 1.165) is 30.6 Å². The average molecular weight is 528 g/mol. The van der Waals surface area contributed by atoms with Crippen LogP contribution in [0.2, 0.25) is 5.02 Å². The summed E-state index contributed by atoms with van der Waals surface area (Å²) in [4.78, 5) is 14.2. The largest absolute Gasteiger partial charge is 0.492 e. The van der Waals surface area contributed by atoms with Gasteiger partial charge in [0.2, 0.25) is 5.51 Å². The van der Waals surface area contributed by atoms with Crippen molar-refractivity contribution in [2.45, 2.75) is 84.6 Å². The van der Waals surface area contributed by atoms with E-state index in [1.54, 1.807) is 29.5 Å². The summed E-state index contributed by atoms with van der Waals surface area (Å²) in [6, 6.07) is 13.2. The zero-order chi connectivity index (χ0) is 25.6. The highest BCUT2D eigenvalue weighted by Gasteiger charge is 2.12. The predicted octanol–water partition coefficient (Wildman–Crippen LogP) is 8.60. The number of hydrogen-bond donors (Lipinski definition) is 1. The monoisotopic (exact) mass is 527 g/mol. The molecule has 2 aromatic carbocycles. The molecule has 3 aromatic rings. The van der Waals surface area contributed by atoms with E-state index in [1.165, 1.54) is 56.2 Å². The lowest BCUT2D eigenvalue weighted by molar-refractivity contribution is -0.683. The maximum atomic E-state index is 12.9. The number of aromatic nitrogens is 1. The van der Waals surface area contributed by atoms with Crippen LogP contribution in [0.4, 0.5) is 5.69 Å². The molecule has 1 aromatic heterocycles. The molecule has 1 amide bonds. The van der Waals surface area contributed by atoms with Gasteiger partial charge >= 0.3 is 0 Å². The van der Waals surface area contributed by atoms with E-state index in [0.29, 0.717) is 22.9 Å². The SMILES string of the molecule is CCCCCCCCCCCCOc1cc(C(=O)Nc2cccc(C[n+]3csc(C)c3)c2)ccc1Cl. The van der Waals surface area contributed by atoms with Crippen LogP contribution in [0.15, 0.2) is 54.2 Å². The number of unbranched alkanes of at least 4 members (excludes halogenated alkanes) is 9. The van der Waals surface area contributed by atoms with Gasteiger partial charge in [-0.25, -0.2) is 0 Å². The summed E-state index contributed by atoms with van der Waals surface area (Å²) in [6.45, 7) is 5.74. The lowest BCUT2D eigenvalue weighted by Crippen LogP contribution is -2.30. The summed E-state index contributed by atoms with van der Waals surface area (Å²) < 4.78 is 8.07. The Labute approximate surface area is 225 Å². The summed E-state index contributed by atoms with van der Waals surface area (Å²) >= 11 is 8.06. The third-order valence-electron chi connectivity index (χ3n) is 6.22. The molecule has 0 spiro atoms. The van der Waals surface area contributed by atoms with Gasteiger partial charge in [-0.1, -0.05) is 99.8 Å². The Kier molecular flexibility index (Phi) is 12.3. The van der Waals surface area contributed by atoms with Crippen LogP contribution in [0.3, 0.4) is 0 Å². The van der Waals surface area contributed by atoms with Gasteiger partial charge in [0.1, 0.15) is 5.75 Å². The van der Waals surface area contributed by atoms with Crippen LogP contribution < -0.4 is 14.6 Å². The summed E-state index contributed by atoms with van der Waals surface area (Å²) in [5, 5.41) is 3.54. The zero-order valence-electron chi connectivity index (χ0n) is 21.7. The van der Waals surface area contributed by atoms with Crippen LogP contribution in [0.5, 0.6) is 5.75 Å². The zero-order valence-corrected chi connectivity index (χ0v) is 23.3. The first kappa shape index (κ1) is 28.2. The Balaban J connectivity index is 1.42. The topological polar surface area (TPSA) is 42.2 Å². The van der Waals surface area contributed by atoms with Gasteiger partial charge in [0.15, 0.2) is 12.7 Å². The highest BCUT2D eigenvalue weighted by Crippen LogP contribution is 2.26. The Morgan fingerprint density at radius 3 is 2.39 bits per heavy atom. The van der Waals surface area contributed by atoms with Gasteiger partial charge in [0, 0.05) is 16.8 Å². The van der Waals surface area contributed by atoms with Crippen LogP contribution in [-0.2, 0) is 6.54 Å². The van der Waals surface area contributed by atoms with Crippen molar-refractivity contribution in [3.63, 3.8) is 0 Å². The number of amides is 1. The second-order valence-corrected chi connectivity index (χ2v) is 11.0. The second-order valence-electron chi connectivity index (χ2n) is 9.47. The van der Waals surface area contributed by atoms with Gasteiger partial charge in [-0.3, -0.25) is 4.79 Å². The molecule has 0 saturated carbocycles. The molecule has 0 unspecified atom stereocenters.